The molecule has 1 saturated heterocycles. The van der Waals surface area contributed by atoms with Gasteiger partial charge in [-0.3, -0.25) is 14.0 Å². The van der Waals surface area contributed by atoms with E-state index in [1.807, 2.05) is 23.1 Å². The Bertz CT molecular complexity index is 599. The minimum Gasteiger partial charge on any atom is -0.301 e. The Balaban J connectivity index is 1.45. The third kappa shape index (κ3) is 3.78. The zero-order valence-electron chi connectivity index (χ0n) is 12.1. The summed E-state index contributed by atoms with van der Waals surface area (Å²) in [6, 6.07) is 3.48. The number of hydrogen-bond acceptors (Lipinski definition) is 4. The fraction of sp³-hybridized carbons (Fsp3) is 0.533. The van der Waals surface area contributed by atoms with Crippen molar-refractivity contribution >= 4 is 0 Å². The highest BCUT2D eigenvalue weighted by molar-refractivity contribution is 4.84. The Morgan fingerprint density at radius 3 is 2.76 bits per heavy atom. The molecule has 0 aliphatic carbocycles. The van der Waals surface area contributed by atoms with Gasteiger partial charge in [0.05, 0.1) is 12.9 Å². The summed E-state index contributed by atoms with van der Waals surface area (Å²) in [5, 5.41) is 4.23. The largest absolute Gasteiger partial charge is 0.301 e. The van der Waals surface area contributed by atoms with Crippen LogP contribution >= 0.6 is 0 Å². The molecule has 0 bridgehead atoms. The van der Waals surface area contributed by atoms with Crippen molar-refractivity contribution < 1.29 is 0 Å². The number of hydrogen-bond donors (Lipinski definition) is 0. The topological polar surface area (TPSA) is 56.0 Å². The van der Waals surface area contributed by atoms with Crippen LogP contribution in [0, 0.1) is 5.92 Å². The molecule has 1 fully saturated rings. The normalized spacial score (nSPS) is 17.1. The van der Waals surface area contributed by atoms with Crippen molar-refractivity contribution in [2.45, 2.75) is 25.9 Å². The Morgan fingerprint density at radius 2 is 2.05 bits per heavy atom. The van der Waals surface area contributed by atoms with Crippen LogP contribution in [0.4, 0.5) is 0 Å². The lowest BCUT2D eigenvalue weighted by molar-refractivity contribution is 0.166. The van der Waals surface area contributed by atoms with Crippen LogP contribution in [0.15, 0.2) is 41.8 Å². The van der Waals surface area contributed by atoms with Gasteiger partial charge < -0.3 is 4.90 Å². The highest BCUT2D eigenvalue weighted by Crippen LogP contribution is 2.18. The summed E-state index contributed by atoms with van der Waals surface area (Å²) >= 11 is 0. The molecule has 2 aromatic rings. The van der Waals surface area contributed by atoms with E-state index in [4.69, 9.17) is 0 Å². The number of piperidine rings is 1. The molecule has 0 atom stereocenters. The van der Waals surface area contributed by atoms with Crippen LogP contribution in [0.1, 0.15) is 12.8 Å². The molecule has 3 rings (SSSR count). The molecule has 0 radical (unpaired) electrons. The van der Waals surface area contributed by atoms with Gasteiger partial charge in [-0.2, -0.15) is 5.10 Å². The van der Waals surface area contributed by atoms with E-state index in [-0.39, 0.29) is 5.56 Å². The molecule has 0 amide bonds. The monoisotopic (exact) mass is 287 g/mol. The maximum atomic E-state index is 11.7. The third-order valence-corrected chi connectivity index (χ3v) is 4.16. The maximum absolute atomic E-state index is 11.7. The molecule has 0 saturated carbocycles. The Hall–Kier alpha value is -1.95. The quantitative estimate of drug-likeness (QED) is 0.818. The first kappa shape index (κ1) is 14.0. The van der Waals surface area contributed by atoms with Crippen LogP contribution in [-0.2, 0) is 13.1 Å². The summed E-state index contributed by atoms with van der Waals surface area (Å²) in [6.07, 6.45) is 9.30. The second kappa shape index (κ2) is 6.67. The van der Waals surface area contributed by atoms with E-state index in [1.165, 1.54) is 6.07 Å². The van der Waals surface area contributed by atoms with Gasteiger partial charge in [-0.1, -0.05) is 0 Å². The predicted molar refractivity (Wildman–Crippen MR) is 79.9 cm³/mol. The Kier molecular flexibility index (Phi) is 4.45. The molecule has 112 valence electrons. The molecule has 0 spiro atoms. The van der Waals surface area contributed by atoms with E-state index in [2.05, 4.69) is 15.0 Å². The summed E-state index contributed by atoms with van der Waals surface area (Å²) in [4.78, 5) is 18.2. The zero-order valence-corrected chi connectivity index (χ0v) is 12.1. The first-order chi connectivity index (χ1) is 10.3. The van der Waals surface area contributed by atoms with Crippen LogP contribution in [0.5, 0.6) is 0 Å². The molecule has 21 heavy (non-hydrogen) atoms. The summed E-state index contributed by atoms with van der Waals surface area (Å²) in [5.41, 5.74) is 0.0473. The van der Waals surface area contributed by atoms with E-state index in [9.17, 15) is 4.79 Å². The van der Waals surface area contributed by atoms with Crippen LogP contribution in [0.3, 0.4) is 0 Å². The Labute approximate surface area is 124 Å². The molecular formula is C15H21N5O. The van der Waals surface area contributed by atoms with E-state index >= 15 is 0 Å². The maximum Gasteiger partial charge on any atom is 0.253 e. The molecule has 6 heteroatoms. The number of nitrogens with zero attached hydrogens (tertiary/aromatic N) is 5. The summed E-state index contributed by atoms with van der Waals surface area (Å²) < 4.78 is 3.70. The van der Waals surface area contributed by atoms with Gasteiger partial charge >= 0.3 is 0 Å². The molecule has 1 aliphatic rings. The van der Waals surface area contributed by atoms with Gasteiger partial charge in [0.2, 0.25) is 0 Å². The second-order valence-corrected chi connectivity index (χ2v) is 5.63. The van der Waals surface area contributed by atoms with Gasteiger partial charge in [0.15, 0.2) is 0 Å². The predicted octanol–water partition coefficient (Wildman–Crippen LogP) is 0.852. The SMILES string of the molecule is O=c1ccncn1CC1CCN(CCn2cccn2)CC1. The van der Waals surface area contributed by atoms with Crippen molar-refractivity contribution in [3.8, 4) is 0 Å². The molecule has 0 unspecified atom stereocenters. The number of rotatable bonds is 5. The van der Waals surface area contributed by atoms with E-state index in [0.29, 0.717) is 5.92 Å². The molecule has 3 heterocycles. The van der Waals surface area contributed by atoms with E-state index in [0.717, 1.165) is 45.6 Å². The lowest BCUT2D eigenvalue weighted by Crippen LogP contribution is -2.37. The van der Waals surface area contributed by atoms with Crippen LogP contribution in [0.2, 0.25) is 0 Å². The van der Waals surface area contributed by atoms with Crippen LogP contribution in [0.25, 0.3) is 0 Å². The van der Waals surface area contributed by atoms with Crippen LogP contribution in [-0.4, -0.2) is 43.9 Å². The lowest BCUT2D eigenvalue weighted by Gasteiger charge is -2.32. The molecule has 2 aromatic heterocycles. The van der Waals surface area contributed by atoms with Crippen molar-refractivity contribution in [3.63, 3.8) is 0 Å². The highest BCUT2D eigenvalue weighted by atomic mass is 16.1. The van der Waals surface area contributed by atoms with Gasteiger partial charge in [-0.05, 0) is 37.9 Å². The fourth-order valence-electron chi connectivity index (χ4n) is 2.86. The molecular weight excluding hydrogens is 266 g/mol. The van der Waals surface area contributed by atoms with E-state index in [1.54, 1.807) is 17.1 Å². The average Bonchev–Trinajstić information content (AvgIpc) is 3.02. The zero-order chi connectivity index (χ0) is 14.5. The minimum atomic E-state index is 0.0473. The second-order valence-electron chi connectivity index (χ2n) is 5.63. The van der Waals surface area contributed by atoms with Gasteiger partial charge in [-0.25, -0.2) is 4.98 Å². The third-order valence-electron chi connectivity index (χ3n) is 4.16. The first-order valence-electron chi connectivity index (χ1n) is 7.51. The average molecular weight is 287 g/mol. The summed E-state index contributed by atoms with van der Waals surface area (Å²) in [5.74, 6) is 0.577. The summed E-state index contributed by atoms with van der Waals surface area (Å²) in [7, 11) is 0. The van der Waals surface area contributed by atoms with Crippen molar-refractivity contribution in [1.29, 1.82) is 0 Å². The molecule has 0 aromatic carbocycles. The van der Waals surface area contributed by atoms with Crippen molar-refractivity contribution in [2.75, 3.05) is 19.6 Å². The van der Waals surface area contributed by atoms with Crippen molar-refractivity contribution in [3.05, 3.63) is 47.4 Å². The molecule has 0 N–H and O–H groups in total. The molecule has 1 aliphatic heterocycles. The van der Waals surface area contributed by atoms with E-state index < -0.39 is 0 Å². The van der Waals surface area contributed by atoms with Gasteiger partial charge in [0.1, 0.15) is 0 Å². The first-order valence-corrected chi connectivity index (χ1v) is 7.51. The molecule has 6 nitrogen and oxygen atoms in total. The number of likely N-dealkylation sites (tertiary alicyclic amines) is 1. The van der Waals surface area contributed by atoms with Crippen molar-refractivity contribution in [2.24, 2.45) is 5.92 Å². The van der Waals surface area contributed by atoms with Gasteiger partial charge in [-0.15, -0.1) is 0 Å². The number of aromatic nitrogens is 4. The highest BCUT2D eigenvalue weighted by Gasteiger charge is 2.19. The Morgan fingerprint density at radius 1 is 1.19 bits per heavy atom. The van der Waals surface area contributed by atoms with Gasteiger partial charge in [0.25, 0.3) is 5.56 Å². The van der Waals surface area contributed by atoms with Crippen molar-refractivity contribution in [1.82, 2.24) is 24.2 Å². The lowest BCUT2D eigenvalue weighted by atomic mass is 9.97. The van der Waals surface area contributed by atoms with Crippen LogP contribution < -0.4 is 5.56 Å². The minimum absolute atomic E-state index is 0.0473. The smallest absolute Gasteiger partial charge is 0.253 e. The van der Waals surface area contributed by atoms with Gasteiger partial charge in [0, 0.05) is 37.7 Å². The fourth-order valence-corrected chi connectivity index (χ4v) is 2.86. The summed E-state index contributed by atoms with van der Waals surface area (Å²) in [6.45, 7) is 4.97. The standard InChI is InChI=1S/C15H21N5O/c21-15-2-6-16-13-19(15)12-14-3-8-18(9-4-14)10-11-20-7-1-5-17-20/h1-2,5-7,13-14H,3-4,8-12H2.